The third-order valence-electron chi connectivity index (χ3n) is 4.60. The standard InChI is InChI=1S/C22H28O4/c1-6-12-25-21-19(24-5)13-16(15-23)14-20(21)26-18-10-8-17(9-11-18)22(3,4)7-2/h8-11,13-15H,6-7,12H2,1-5H3. The summed E-state index contributed by atoms with van der Waals surface area (Å²) in [5, 5.41) is 0. The van der Waals surface area contributed by atoms with Gasteiger partial charge in [0.05, 0.1) is 13.7 Å². The predicted molar refractivity (Wildman–Crippen MR) is 104 cm³/mol. The maximum absolute atomic E-state index is 11.2. The molecule has 0 aliphatic rings. The first-order chi connectivity index (χ1) is 12.4. The van der Waals surface area contributed by atoms with Gasteiger partial charge >= 0.3 is 0 Å². The SMILES string of the molecule is CCCOc1c(OC)cc(C=O)cc1Oc1ccc(C(C)(C)CC)cc1. The molecule has 0 aliphatic carbocycles. The monoisotopic (exact) mass is 356 g/mol. The van der Waals surface area contributed by atoms with E-state index in [0.717, 1.165) is 19.1 Å². The summed E-state index contributed by atoms with van der Waals surface area (Å²) >= 11 is 0. The molecule has 0 atom stereocenters. The van der Waals surface area contributed by atoms with E-state index in [4.69, 9.17) is 14.2 Å². The molecule has 0 spiro atoms. The molecule has 140 valence electrons. The van der Waals surface area contributed by atoms with Gasteiger partial charge in [0.2, 0.25) is 5.75 Å². The molecule has 4 nitrogen and oxygen atoms in total. The molecular formula is C22H28O4. The van der Waals surface area contributed by atoms with E-state index < -0.39 is 0 Å². The summed E-state index contributed by atoms with van der Waals surface area (Å²) in [5.74, 6) is 2.16. The van der Waals surface area contributed by atoms with Gasteiger partial charge in [-0.3, -0.25) is 4.79 Å². The molecule has 26 heavy (non-hydrogen) atoms. The van der Waals surface area contributed by atoms with Crippen LogP contribution in [0.25, 0.3) is 0 Å². The maximum atomic E-state index is 11.2. The number of benzene rings is 2. The van der Waals surface area contributed by atoms with E-state index in [-0.39, 0.29) is 5.41 Å². The van der Waals surface area contributed by atoms with Crippen LogP contribution in [0.4, 0.5) is 0 Å². The molecule has 0 heterocycles. The van der Waals surface area contributed by atoms with Crippen LogP contribution >= 0.6 is 0 Å². The van der Waals surface area contributed by atoms with Gasteiger partial charge in [0, 0.05) is 5.56 Å². The third-order valence-corrected chi connectivity index (χ3v) is 4.60. The van der Waals surface area contributed by atoms with E-state index in [1.165, 1.54) is 5.56 Å². The quantitative estimate of drug-likeness (QED) is 0.535. The lowest BCUT2D eigenvalue weighted by atomic mass is 9.82. The topological polar surface area (TPSA) is 44.8 Å². The number of carbonyl (C=O) groups is 1. The molecule has 0 fully saturated rings. The van der Waals surface area contributed by atoms with Crippen LogP contribution in [0.3, 0.4) is 0 Å². The Morgan fingerprint density at radius 1 is 1.04 bits per heavy atom. The molecule has 0 saturated heterocycles. The van der Waals surface area contributed by atoms with Crippen LogP contribution in [0.5, 0.6) is 23.0 Å². The lowest BCUT2D eigenvalue weighted by Crippen LogP contribution is -2.14. The molecular weight excluding hydrogens is 328 g/mol. The zero-order chi connectivity index (χ0) is 19.2. The first-order valence-corrected chi connectivity index (χ1v) is 9.03. The minimum absolute atomic E-state index is 0.120. The number of ether oxygens (including phenoxy) is 3. The van der Waals surface area contributed by atoms with E-state index in [1.807, 2.05) is 19.1 Å². The summed E-state index contributed by atoms with van der Waals surface area (Å²) in [6, 6.07) is 11.4. The lowest BCUT2D eigenvalue weighted by molar-refractivity contribution is 0.112. The summed E-state index contributed by atoms with van der Waals surface area (Å²) in [4.78, 5) is 11.2. The summed E-state index contributed by atoms with van der Waals surface area (Å²) in [7, 11) is 1.55. The number of methoxy groups -OCH3 is 1. The maximum Gasteiger partial charge on any atom is 0.204 e. The molecule has 0 aromatic heterocycles. The number of aldehydes is 1. The molecule has 2 aromatic rings. The molecule has 0 unspecified atom stereocenters. The molecule has 0 radical (unpaired) electrons. The Bertz CT molecular complexity index is 733. The van der Waals surface area contributed by atoms with E-state index >= 15 is 0 Å². The highest BCUT2D eigenvalue weighted by atomic mass is 16.5. The Labute approximate surface area is 156 Å². The van der Waals surface area contributed by atoms with Gasteiger partial charge in [0.1, 0.15) is 12.0 Å². The number of carbonyl (C=O) groups excluding carboxylic acids is 1. The van der Waals surface area contributed by atoms with Crippen molar-refractivity contribution in [2.45, 2.75) is 46.0 Å². The molecule has 0 amide bonds. The van der Waals surface area contributed by atoms with Gasteiger partial charge in [-0.25, -0.2) is 0 Å². The average Bonchev–Trinajstić information content (AvgIpc) is 2.66. The first kappa shape index (κ1) is 19.8. The fraction of sp³-hybridized carbons (Fsp3) is 0.409. The van der Waals surface area contributed by atoms with Crippen molar-refractivity contribution in [3.63, 3.8) is 0 Å². The molecule has 2 aromatic carbocycles. The van der Waals surface area contributed by atoms with Crippen LogP contribution in [0.1, 0.15) is 56.5 Å². The molecule has 0 saturated carbocycles. The second-order valence-electron chi connectivity index (χ2n) is 6.88. The van der Waals surface area contributed by atoms with Crippen molar-refractivity contribution in [3.05, 3.63) is 47.5 Å². The van der Waals surface area contributed by atoms with Crippen LogP contribution in [0, 0.1) is 0 Å². The van der Waals surface area contributed by atoms with Gasteiger partial charge in [-0.05, 0) is 48.1 Å². The number of hydrogen-bond donors (Lipinski definition) is 0. The smallest absolute Gasteiger partial charge is 0.204 e. The molecule has 2 rings (SSSR count). The highest BCUT2D eigenvalue weighted by Crippen LogP contribution is 2.41. The fourth-order valence-electron chi connectivity index (χ4n) is 2.54. The van der Waals surface area contributed by atoms with Gasteiger partial charge in [0.15, 0.2) is 11.5 Å². The van der Waals surface area contributed by atoms with Gasteiger partial charge < -0.3 is 14.2 Å². The highest BCUT2D eigenvalue weighted by molar-refractivity contribution is 5.78. The highest BCUT2D eigenvalue weighted by Gasteiger charge is 2.19. The summed E-state index contributed by atoms with van der Waals surface area (Å²) in [6.07, 6.45) is 2.69. The minimum atomic E-state index is 0.120. The normalized spacial score (nSPS) is 11.1. The summed E-state index contributed by atoms with van der Waals surface area (Å²) < 4.78 is 17.2. The van der Waals surface area contributed by atoms with Crippen LogP contribution in [-0.4, -0.2) is 20.0 Å². The van der Waals surface area contributed by atoms with Gasteiger partial charge in [-0.15, -0.1) is 0 Å². The van der Waals surface area contributed by atoms with Crippen LogP contribution < -0.4 is 14.2 Å². The molecule has 0 bridgehead atoms. The van der Waals surface area contributed by atoms with E-state index in [0.29, 0.717) is 35.2 Å². The third kappa shape index (κ3) is 4.57. The lowest BCUT2D eigenvalue weighted by Gasteiger charge is -2.23. The molecule has 4 heteroatoms. The minimum Gasteiger partial charge on any atom is -0.493 e. The zero-order valence-corrected chi connectivity index (χ0v) is 16.3. The van der Waals surface area contributed by atoms with Crippen LogP contribution in [0.2, 0.25) is 0 Å². The largest absolute Gasteiger partial charge is 0.493 e. The molecule has 0 N–H and O–H groups in total. The van der Waals surface area contributed by atoms with Crippen LogP contribution in [0.15, 0.2) is 36.4 Å². The predicted octanol–water partition coefficient (Wildman–Crippen LogP) is 5.78. The van der Waals surface area contributed by atoms with E-state index in [2.05, 4.69) is 32.9 Å². The fourth-order valence-corrected chi connectivity index (χ4v) is 2.54. The number of hydrogen-bond acceptors (Lipinski definition) is 4. The Morgan fingerprint density at radius 2 is 1.69 bits per heavy atom. The number of rotatable bonds is 9. The second kappa shape index (κ2) is 8.75. The Hall–Kier alpha value is -2.49. The van der Waals surface area contributed by atoms with Crippen molar-refractivity contribution in [2.75, 3.05) is 13.7 Å². The van der Waals surface area contributed by atoms with Crippen molar-refractivity contribution in [1.29, 1.82) is 0 Å². The van der Waals surface area contributed by atoms with Crippen molar-refractivity contribution in [3.8, 4) is 23.0 Å². The Kier molecular flexibility index (Phi) is 6.67. The zero-order valence-electron chi connectivity index (χ0n) is 16.3. The van der Waals surface area contributed by atoms with Crippen molar-refractivity contribution in [2.24, 2.45) is 0 Å². The van der Waals surface area contributed by atoms with E-state index in [9.17, 15) is 4.79 Å². The van der Waals surface area contributed by atoms with Gasteiger partial charge in [0.25, 0.3) is 0 Å². The summed E-state index contributed by atoms with van der Waals surface area (Å²) in [5.41, 5.74) is 1.85. The average molecular weight is 356 g/mol. The molecule has 0 aliphatic heterocycles. The van der Waals surface area contributed by atoms with Crippen LogP contribution in [-0.2, 0) is 5.41 Å². The van der Waals surface area contributed by atoms with Gasteiger partial charge in [-0.1, -0.05) is 39.8 Å². The van der Waals surface area contributed by atoms with Crippen molar-refractivity contribution >= 4 is 6.29 Å². The van der Waals surface area contributed by atoms with Crippen molar-refractivity contribution < 1.29 is 19.0 Å². The van der Waals surface area contributed by atoms with Gasteiger partial charge in [-0.2, -0.15) is 0 Å². The second-order valence-corrected chi connectivity index (χ2v) is 6.88. The summed E-state index contributed by atoms with van der Waals surface area (Å²) in [6.45, 7) is 9.19. The van der Waals surface area contributed by atoms with Crippen molar-refractivity contribution in [1.82, 2.24) is 0 Å². The Balaban J connectivity index is 2.36. The first-order valence-electron chi connectivity index (χ1n) is 9.03. The van der Waals surface area contributed by atoms with E-state index in [1.54, 1.807) is 19.2 Å². The Morgan fingerprint density at radius 3 is 2.23 bits per heavy atom.